The van der Waals surface area contributed by atoms with Crippen molar-refractivity contribution in [2.45, 2.75) is 184 Å². The molecular weight excluding hydrogens is 583 g/mol. The molecule has 0 aromatic carbocycles. The van der Waals surface area contributed by atoms with Gasteiger partial charge in [-0.05, 0) is 25.7 Å². The van der Waals surface area contributed by atoms with E-state index in [1.54, 1.807) is 0 Å². The van der Waals surface area contributed by atoms with Gasteiger partial charge in [-0.2, -0.15) is 0 Å². The Morgan fingerprint density at radius 2 is 0.816 bits per heavy atom. The van der Waals surface area contributed by atoms with Crippen molar-refractivity contribution in [1.82, 2.24) is 0 Å². The average Bonchev–Trinajstić information content (AvgIpc) is 2.89. The van der Waals surface area contributed by atoms with E-state index in [1.807, 2.05) is 0 Å². The van der Waals surface area contributed by atoms with E-state index in [1.165, 1.54) is 118 Å². The molecule has 0 saturated carbocycles. The summed E-state index contributed by atoms with van der Waals surface area (Å²) in [4.78, 5) is 30.1. The van der Waals surface area contributed by atoms with Crippen LogP contribution in [0.5, 0.6) is 0 Å². The average molecular weight is 646 g/mol. The van der Waals surface area contributed by atoms with Gasteiger partial charge < -0.3 is 19.8 Å². The first-order chi connectivity index (χ1) is 18.5. The van der Waals surface area contributed by atoms with Gasteiger partial charge in [0.05, 0.1) is 0 Å². The summed E-state index contributed by atoms with van der Waals surface area (Å²) in [6.07, 6.45) is 28.1. The number of carboxylic acid groups (broad SMARTS) is 2. The van der Waals surface area contributed by atoms with Gasteiger partial charge in [0, 0.05) is 11.9 Å². The third-order valence-corrected chi connectivity index (χ3v) is 10.4. The number of carboxylic acids is 2. The molecule has 38 heavy (non-hydrogen) atoms. The molecule has 0 aromatic rings. The van der Waals surface area contributed by atoms with E-state index in [0.717, 1.165) is 38.4 Å². The van der Waals surface area contributed by atoms with E-state index in [2.05, 4.69) is 20.8 Å². The third kappa shape index (κ3) is 51.9. The molecule has 0 fully saturated rings. The molecule has 5 nitrogen and oxygen atoms in total. The fraction of sp³-hybridized carbons (Fsp3) is 0.906. The standard InChI is InChI=1S/2C12H24O2.C4H7O.C4H9.Sn/c2*1-2-3-4-5-6-7-8-9-10-11-12(13)14;1-2-3-4-5;1-3-4-2;/h2*2-11H2,1H3,(H,13,14);4H,1-3H2;1,3-4H2,2H3;/q;;;;+2/p-2. The number of aldehydes is 1. The Balaban J connectivity index is -0.000000492. The van der Waals surface area contributed by atoms with Gasteiger partial charge in [-0.25, -0.2) is 0 Å². The number of hydrogen-bond donors (Lipinski definition) is 0. The zero-order chi connectivity index (χ0) is 29.0. The summed E-state index contributed by atoms with van der Waals surface area (Å²) in [5.41, 5.74) is 0. The van der Waals surface area contributed by atoms with E-state index < -0.39 is 11.9 Å². The maximum absolute atomic E-state index is 10.1. The summed E-state index contributed by atoms with van der Waals surface area (Å²) in [5, 5.41) is 20.2. The number of unbranched alkanes of at least 4 members (excludes halogenated alkanes) is 18. The minimum atomic E-state index is -0.909. The predicted octanol–water partition coefficient (Wildman–Crippen LogP) is 7.62. The molecule has 0 rings (SSSR count). The van der Waals surface area contributed by atoms with Gasteiger partial charge in [-0.15, -0.1) is 0 Å². The van der Waals surface area contributed by atoms with Crippen molar-refractivity contribution in [2.24, 2.45) is 0 Å². The van der Waals surface area contributed by atoms with Crippen molar-refractivity contribution >= 4 is 39.4 Å². The van der Waals surface area contributed by atoms with Crippen LogP contribution < -0.4 is 10.2 Å². The van der Waals surface area contributed by atoms with Crippen LogP contribution >= 0.6 is 0 Å². The SMILES string of the molecule is CCCCCCCCCCCC(=O)[O-].CCCCCCCCCCCC(=O)[O-].CCC[CH2][Sn+2][CH2]CCC=O. The second kappa shape index (κ2) is 40.9. The van der Waals surface area contributed by atoms with E-state index in [9.17, 15) is 24.6 Å². The van der Waals surface area contributed by atoms with Crippen molar-refractivity contribution < 1.29 is 24.6 Å². The van der Waals surface area contributed by atoms with Crippen LogP contribution in [0.15, 0.2) is 0 Å². The quantitative estimate of drug-likeness (QED) is 0.0520. The normalized spacial score (nSPS) is 9.97. The van der Waals surface area contributed by atoms with Crippen molar-refractivity contribution in [3.05, 3.63) is 0 Å². The third-order valence-electron chi connectivity index (χ3n) is 6.35. The molecular formula is C32H62O5Sn. The molecule has 0 aliphatic rings. The van der Waals surface area contributed by atoms with Crippen LogP contribution in [0.25, 0.3) is 0 Å². The Kier molecular flexibility index (Phi) is 45.1. The molecule has 0 radical (unpaired) electrons. The Labute approximate surface area is 246 Å². The Morgan fingerprint density at radius 1 is 0.500 bits per heavy atom. The van der Waals surface area contributed by atoms with E-state index >= 15 is 0 Å². The molecule has 224 valence electrons. The number of rotatable bonds is 27. The van der Waals surface area contributed by atoms with Gasteiger partial charge >= 0.3 is 73.7 Å². The topological polar surface area (TPSA) is 97.3 Å². The van der Waals surface area contributed by atoms with Crippen LogP contribution in [0.1, 0.15) is 175 Å². The van der Waals surface area contributed by atoms with Crippen LogP contribution in [0, 0.1) is 0 Å². The summed E-state index contributed by atoms with van der Waals surface area (Å²) in [6, 6.07) is 0. The predicted molar refractivity (Wildman–Crippen MR) is 159 cm³/mol. The summed E-state index contributed by atoms with van der Waals surface area (Å²) < 4.78 is 2.92. The molecule has 0 unspecified atom stereocenters. The van der Waals surface area contributed by atoms with Gasteiger partial charge in [0.1, 0.15) is 0 Å². The second-order valence-electron chi connectivity index (χ2n) is 10.3. The van der Waals surface area contributed by atoms with Gasteiger partial charge in [-0.1, -0.05) is 117 Å². The molecule has 6 heteroatoms. The van der Waals surface area contributed by atoms with Gasteiger partial charge in [0.15, 0.2) is 0 Å². The monoisotopic (exact) mass is 646 g/mol. The molecule has 0 aliphatic carbocycles. The Morgan fingerprint density at radius 3 is 1.13 bits per heavy atom. The molecule has 0 aromatic heterocycles. The van der Waals surface area contributed by atoms with E-state index in [-0.39, 0.29) is 34.0 Å². The molecule has 0 aliphatic heterocycles. The summed E-state index contributed by atoms with van der Waals surface area (Å²) in [6.45, 7) is 6.69. The Bertz CT molecular complexity index is 439. The summed E-state index contributed by atoms with van der Waals surface area (Å²) in [7, 11) is 0. The Hall–Kier alpha value is -0.591. The molecule has 0 bridgehead atoms. The van der Waals surface area contributed by atoms with Crippen LogP contribution in [0.4, 0.5) is 0 Å². The molecule has 0 N–H and O–H groups in total. The van der Waals surface area contributed by atoms with Gasteiger partial charge in [-0.3, -0.25) is 0 Å². The number of aliphatic carboxylic acids is 2. The first kappa shape index (κ1) is 41.9. The molecule has 0 atom stereocenters. The summed E-state index contributed by atoms with van der Waals surface area (Å²) in [5.74, 6) is -1.82. The summed E-state index contributed by atoms with van der Waals surface area (Å²) >= 11 is -0.0222. The zero-order valence-corrected chi connectivity index (χ0v) is 28.4. The fourth-order valence-corrected chi connectivity index (χ4v) is 7.63. The van der Waals surface area contributed by atoms with Gasteiger partial charge in [0.25, 0.3) is 0 Å². The van der Waals surface area contributed by atoms with E-state index in [0.29, 0.717) is 0 Å². The van der Waals surface area contributed by atoms with Crippen LogP contribution in [0.2, 0.25) is 8.87 Å². The molecule has 0 spiro atoms. The van der Waals surface area contributed by atoms with Crippen molar-refractivity contribution in [2.75, 3.05) is 0 Å². The van der Waals surface area contributed by atoms with Crippen molar-refractivity contribution in [3.63, 3.8) is 0 Å². The number of carbonyl (C=O) groups excluding carboxylic acids is 3. The molecule has 0 saturated heterocycles. The number of hydrogen-bond acceptors (Lipinski definition) is 5. The first-order valence-electron chi connectivity index (χ1n) is 16.0. The molecule has 0 heterocycles. The van der Waals surface area contributed by atoms with E-state index in [4.69, 9.17) is 0 Å². The zero-order valence-electron chi connectivity index (χ0n) is 25.5. The minimum absolute atomic E-state index is 0.0222. The van der Waals surface area contributed by atoms with Crippen LogP contribution in [0.3, 0.4) is 0 Å². The number of carbonyl (C=O) groups is 3. The van der Waals surface area contributed by atoms with Crippen molar-refractivity contribution in [1.29, 1.82) is 0 Å². The first-order valence-corrected chi connectivity index (χ1v) is 20.0. The molecule has 0 amide bonds. The van der Waals surface area contributed by atoms with Gasteiger partial charge in [0.2, 0.25) is 0 Å². The van der Waals surface area contributed by atoms with Crippen LogP contribution in [-0.2, 0) is 14.4 Å². The van der Waals surface area contributed by atoms with Crippen LogP contribution in [-0.4, -0.2) is 39.4 Å². The second-order valence-corrected chi connectivity index (χ2v) is 14.6. The fourth-order valence-electron chi connectivity index (χ4n) is 3.90. The van der Waals surface area contributed by atoms with Crippen molar-refractivity contribution in [3.8, 4) is 0 Å². The maximum atomic E-state index is 10.1.